The van der Waals surface area contributed by atoms with E-state index in [1.165, 1.54) is 18.2 Å². The Morgan fingerprint density at radius 1 is 1.00 bits per heavy atom. The van der Waals surface area contributed by atoms with Crippen molar-refractivity contribution in [1.82, 2.24) is 0 Å². The fourth-order valence-electron chi connectivity index (χ4n) is 1.93. The van der Waals surface area contributed by atoms with Crippen LogP contribution < -0.4 is 10.5 Å². The summed E-state index contributed by atoms with van der Waals surface area (Å²) in [4.78, 5) is 0. The van der Waals surface area contributed by atoms with Crippen molar-refractivity contribution < 1.29 is 17.9 Å². The highest BCUT2D eigenvalue weighted by Crippen LogP contribution is 2.39. The molecule has 0 aromatic heterocycles. The molecule has 2 aromatic carbocycles. The third-order valence-electron chi connectivity index (χ3n) is 2.88. The lowest BCUT2D eigenvalue weighted by atomic mass is 10.1. The van der Waals surface area contributed by atoms with Gasteiger partial charge in [-0.2, -0.15) is 13.2 Å². The van der Waals surface area contributed by atoms with Crippen molar-refractivity contribution in [3.63, 3.8) is 0 Å². The molecular formula is C15H13ClF3NO. The molecule has 2 nitrogen and oxygen atoms in total. The molecule has 0 bridgehead atoms. The average molecular weight is 316 g/mol. The molecule has 21 heavy (non-hydrogen) atoms. The molecule has 0 atom stereocenters. The number of ether oxygens (including phenoxy) is 1. The molecule has 0 aliphatic heterocycles. The highest BCUT2D eigenvalue weighted by atomic mass is 35.5. The lowest BCUT2D eigenvalue weighted by molar-refractivity contribution is -0.138. The Morgan fingerprint density at radius 3 is 2.33 bits per heavy atom. The van der Waals surface area contributed by atoms with E-state index >= 15 is 0 Å². The van der Waals surface area contributed by atoms with Crippen molar-refractivity contribution in [3.8, 4) is 11.5 Å². The van der Waals surface area contributed by atoms with Crippen molar-refractivity contribution in [2.45, 2.75) is 12.6 Å². The van der Waals surface area contributed by atoms with Gasteiger partial charge in [0.25, 0.3) is 0 Å². The first-order valence-electron chi connectivity index (χ1n) is 6.25. The number of alkyl halides is 3. The maximum atomic E-state index is 13.0. The molecule has 0 heterocycles. The summed E-state index contributed by atoms with van der Waals surface area (Å²) >= 11 is 6.05. The molecule has 6 heteroatoms. The number of rotatable bonds is 4. The van der Waals surface area contributed by atoms with Gasteiger partial charge in [-0.3, -0.25) is 0 Å². The van der Waals surface area contributed by atoms with Crippen LogP contribution in [0, 0.1) is 0 Å². The van der Waals surface area contributed by atoms with Crippen molar-refractivity contribution in [2.24, 2.45) is 5.73 Å². The van der Waals surface area contributed by atoms with E-state index in [0.717, 1.165) is 6.07 Å². The van der Waals surface area contributed by atoms with Crippen LogP contribution in [0.15, 0.2) is 42.5 Å². The van der Waals surface area contributed by atoms with Crippen LogP contribution >= 0.6 is 11.6 Å². The number of para-hydroxylation sites is 1. The summed E-state index contributed by atoms with van der Waals surface area (Å²) in [6.45, 7) is 0.320. The van der Waals surface area contributed by atoms with Gasteiger partial charge in [-0.25, -0.2) is 0 Å². The Labute approximate surface area is 125 Å². The van der Waals surface area contributed by atoms with E-state index in [1.54, 1.807) is 18.2 Å². The lowest BCUT2D eigenvalue weighted by Gasteiger charge is -2.16. The minimum atomic E-state index is -4.48. The van der Waals surface area contributed by atoms with Gasteiger partial charge in [-0.1, -0.05) is 29.8 Å². The molecule has 0 fully saturated rings. The fraction of sp³-hybridized carbons (Fsp3) is 0.200. The Bertz CT molecular complexity index is 629. The van der Waals surface area contributed by atoms with E-state index in [4.69, 9.17) is 22.1 Å². The van der Waals surface area contributed by atoms with E-state index in [-0.39, 0.29) is 11.5 Å². The summed E-state index contributed by atoms with van der Waals surface area (Å²) in [5.41, 5.74) is 5.26. The molecular weight excluding hydrogens is 303 g/mol. The van der Waals surface area contributed by atoms with E-state index in [0.29, 0.717) is 23.6 Å². The molecule has 0 unspecified atom stereocenters. The van der Waals surface area contributed by atoms with Crippen LogP contribution in [0.3, 0.4) is 0 Å². The number of hydrogen-bond acceptors (Lipinski definition) is 2. The van der Waals surface area contributed by atoms with E-state index in [1.807, 2.05) is 0 Å². The minimum absolute atomic E-state index is 0.259. The van der Waals surface area contributed by atoms with Crippen molar-refractivity contribution in [3.05, 3.63) is 58.6 Å². The number of benzene rings is 2. The summed E-state index contributed by atoms with van der Waals surface area (Å²) < 4.78 is 44.3. The SMILES string of the molecule is NCCc1c(Cl)cccc1Oc1ccccc1C(F)(F)F. The van der Waals surface area contributed by atoms with Crippen LogP contribution in [0.4, 0.5) is 13.2 Å². The third-order valence-corrected chi connectivity index (χ3v) is 3.24. The van der Waals surface area contributed by atoms with E-state index in [9.17, 15) is 13.2 Å². The first kappa shape index (κ1) is 15.7. The third kappa shape index (κ3) is 3.68. The van der Waals surface area contributed by atoms with Gasteiger partial charge in [0.2, 0.25) is 0 Å². The Hall–Kier alpha value is -1.72. The number of hydrogen-bond donors (Lipinski definition) is 1. The lowest BCUT2D eigenvalue weighted by Crippen LogP contribution is -2.08. The molecule has 112 valence electrons. The highest BCUT2D eigenvalue weighted by Gasteiger charge is 2.34. The van der Waals surface area contributed by atoms with Gasteiger partial charge in [0.1, 0.15) is 11.5 Å². The van der Waals surface area contributed by atoms with Gasteiger partial charge >= 0.3 is 6.18 Å². The van der Waals surface area contributed by atoms with E-state index in [2.05, 4.69) is 0 Å². The second-order valence-corrected chi connectivity index (χ2v) is 4.76. The normalized spacial score (nSPS) is 11.5. The van der Waals surface area contributed by atoms with Crippen LogP contribution in [0.1, 0.15) is 11.1 Å². The second-order valence-electron chi connectivity index (χ2n) is 4.35. The van der Waals surface area contributed by atoms with Gasteiger partial charge < -0.3 is 10.5 Å². The highest BCUT2D eigenvalue weighted by molar-refractivity contribution is 6.31. The second kappa shape index (κ2) is 6.37. The molecule has 0 amide bonds. The zero-order valence-corrected chi connectivity index (χ0v) is 11.7. The van der Waals surface area contributed by atoms with Crippen LogP contribution in [-0.4, -0.2) is 6.54 Å². The van der Waals surface area contributed by atoms with Gasteiger partial charge in [-0.05, 0) is 37.2 Å². The molecule has 0 aliphatic carbocycles. The number of nitrogens with two attached hydrogens (primary N) is 1. The fourth-order valence-corrected chi connectivity index (χ4v) is 2.19. The molecule has 2 aromatic rings. The summed E-state index contributed by atoms with van der Waals surface area (Å²) in [6.07, 6.45) is -4.06. The van der Waals surface area contributed by atoms with Crippen LogP contribution in [-0.2, 0) is 12.6 Å². The van der Waals surface area contributed by atoms with Crippen LogP contribution in [0.25, 0.3) is 0 Å². The summed E-state index contributed by atoms with van der Waals surface area (Å²) in [5, 5.41) is 0.419. The Balaban J connectivity index is 2.42. The monoisotopic (exact) mass is 315 g/mol. The van der Waals surface area contributed by atoms with Crippen molar-refractivity contribution >= 4 is 11.6 Å². The zero-order valence-electron chi connectivity index (χ0n) is 11.0. The summed E-state index contributed by atoms with van der Waals surface area (Å²) in [5.74, 6) is 0.0233. The van der Waals surface area contributed by atoms with E-state index < -0.39 is 11.7 Å². The van der Waals surface area contributed by atoms with Crippen LogP contribution in [0.2, 0.25) is 5.02 Å². The average Bonchev–Trinajstić information content (AvgIpc) is 2.42. The van der Waals surface area contributed by atoms with Crippen molar-refractivity contribution in [2.75, 3.05) is 6.54 Å². The van der Waals surface area contributed by atoms with Crippen molar-refractivity contribution in [1.29, 1.82) is 0 Å². The molecule has 2 N–H and O–H groups in total. The zero-order chi connectivity index (χ0) is 15.5. The molecule has 0 radical (unpaired) electrons. The topological polar surface area (TPSA) is 35.2 Å². The Kier molecular flexibility index (Phi) is 4.75. The molecule has 0 spiro atoms. The smallest absolute Gasteiger partial charge is 0.419 e. The predicted octanol–water partition coefficient (Wildman–Crippen LogP) is 4.65. The summed E-state index contributed by atoms with van der Waals surface area (Å²) in [7, 11) is 0. The molecule has 2 rings (SSSR count). The van der Waals surface area contributed by atoms with Gasteiger partial charge in [0.05, 0.1) is 5.56 Å². The number of halogens is 4. The maximum absolute atomic E-state index is 13.0. The quantitative estimate of drug-likeness (QED) is 0.891. The van der Waals surface area contributed by atoms with Crippen LogP contribution in [0.5, 0.6) is 11.5 Å². The maximum Gasteiger partial charge on any atom is 0.419 e. The summed E-state index contributed by atoms with van der Waals surface area (Å²) in [6, 6.07) is 9.89. The van der Waals surface area contributed by atoms with Gasteiger partial charge in [0, 0.05) is 10.6 Å². The molecule has 0 aliphatic rings. The first-order chi connectivity index (χ1) is 9.93. The van der Waals surface area contributed by atoms with Gasteiger partial charge in [0.15, 0.2) is 0 Å². The molecule has 0 saturated heterocycles. The Morgan fingerprint density at radius 2 is 1.67 bits per heavy atom. The largest absolute Gasteiger partial charge is 0.456 e. The standard InChI is InChI=1S/C15H13ClF3NO/c16-12-5-3-7-13(10(12)8-9-20)21-14-6-2-1-4-11(14)15(17,18)19/h1-7H,8-9,20H2. The predicted molar refractivity (Wildman–Crippen MR) is 75.7 cm³/mol. The first-order valence-corrected chi connectivity index (χ1v) is 6.63. The van der Waals surface area contributed by atoms with Gasteiger partial charge in [-0.15, -0.1) is 0 Å². The minimum Gasteiger partial charge on any atom is -0.456 e. The molecule has 0 saturated carbocycles.